The Hall–Kier alpha value is -2.36. The van der Waals surface area contributed by atoms with E-state index < -0.39 is 0 Å². The van der Waals surface area contributed by atoms with Crippen LogP contribution in [0.5, 0.6) is 0 Å². The van der Waals surface area contributed by atoms with Crippen molar-refractivity contribution in [2.45, 2.75) is 31.7 Å². The average Bonchev–Trinajstić information content (AvgIpc) is 2.53. The van der Waals surface area contributed by atoms with Gasteiger partial charge in [-0.25, -0.2) is 4.79 Å². The first-order valence-electron chi connectivity index (χ1n) is 8.22. The summed E-state index contributed by atoms with van der Waals surface area (Å²) in [6.07, 6.45) is 3.75. The van der Waals surface area contributed by atoms with Crippen molar-refractivity contribution in [2.24, 2.45) is 0 Å². The van der Waals surface area contributed by atoms with Crippen LogP contribution in [0.25, 0.3) is 0 Å². The molecule has 4 nitrogen and oxygen atoms in total. The van der Waals surface area contributed by atoms with E-state index in [0.717, 1.165) is 31.6 Å². The van der Waals surface area contributed by atoms with Gasteiger partial charge in [-0.1, -0.05) is 36.4 Å². The third-order valence-corrected chi connectivity index (χ3v) is 4.35. The van der Waals surface area contributed by atoms with Crippen LogP contribution >= 0.6 is 0 Å². The van der Waals surface area contributed by atoms with Crippen LogP contribution in [0.1, 0.15) is 30.5 Å². The molecule has 1 atom stereocenters. The fourth-order valence-electron chi connectivity index (χ4n) is 2.85. The highest BCUT2D eigenvalue weighted by molar-refractivity contribution is 5.75. The van der Waals surface area contributed by atoms with E-state index >= 15 is 0 Å². The van der Waals surface area contributed by atoms with Crippen molar-refractivity contribution in [3.8, 4) is 0 Å². The molecule has 23 heavy (non-hydrogen) atoms. The summed E-state index contributed by atoms with van der Waals surface area (Å²) in [5.41, 5.74) is 2.39. The molecule has 2 aromatic rings. The summed E-state index contributed by atoms with van der Waals surface area (Å²) < 4.78 is 0. The zero-order chi connectivity index (χ0) is 16.1. The van der Waals surface area contributed by atoms with Crippen molar-refractivity contribution >= 4 is 6.03 Å². The van der Waals surface area contributed by atoms with Crippen LogP contribution in [-0.2, 0) is 6.42 Å². The zero-order valence-electron chi connectivity index (χ0n) is 13.5. The van der Waals surface area contributed by atoms with Gasteiger partial charge in [0.05, 0.1) is 0 Å². The molecule has 1 aromatic heterocycles. The highest BCUT2D eigenvalue weighted by atomic mass is 16.2. The first-order valence-corrected chi connectivity index (χ1v) is 8.22. The van der Waals surface area contributed by atoms with Crippen molar-refractivity contribution in [1.82, 2.24) is 15.2 Å². The summed E-state index contributed by atoms with van der Waals surface area (Å²) in [7, 11) is 0. The second-order valence-corrected chi connectivity index (χ2v) is 6.23. The maximum Gasteiger partial charge on any atom is 0.317 e. The Kier molecular flexibility index (Phi) is 4.91. The highest BCUT2D eigenvalue weighted by Crippen LogP contribution is 2.25. The number of amides is 2. The van der Waals surface area contributed by atoms with E-state index in [2.05, 4.69) is 41.5 Å². The van der Waals surface area contributed by atoms with Crippen LogP contribution < -0.4 is 5.32 Å². The highest BCUT2D eigenvalue weighted by Gasteiger charge is 2.32. The summed E-state index contributed by atoms with van der Waals surface area (Å²) in [5, 5.41) is 3.09. The topological polar surface area (TPSA) is 45.2 Å². The van der Waals surface area contributed by atoms with E-state index in [1.165, 1.54) is 5.56 Å². The number of carbonyl (C=O) groups excluding carboxylic acids is 1. The number of nitrogens with zero attached hydrogens (tertiary/aromatic N) is 2. The largest absolute Gasteiger partial charge is 0.336 e. The van der Waals surface area contributed by atoms with Crippen molar-refractivity contribution in [3.63, 3.8) is 0 Å². The Labute approximate surface area is 137 Å². The quantitative estimate of drug-likeness (QED) is 0.922. The van der Waals surface area contributed by atoms with Gasteiger partial charge in [0.1, 0.15) is 0 Å². The number of urea groups is 1. The maximum atomic E-state index is 12.2. The van der Waals surface area contributed by atoms with E-state index in [4.69, 9.17) is 0 Å². The minimum absolute atomic E-state index is 0.0396. The molecule has 2 heterocycles. The fraction of sp³-hybridized carbons (Fsp3) is 0.368. The first kappa shape index (κ1) is 15.5. The molecule has 4 heteroatoms. The summed E-state index contributed by atoms with van der Waals surface area (Å²) in [4.78, 5) is 18.4. The van der Waals surface area contributed by atoms with Gasteiger partial charge in [0.15, 0.2) is 0 Å². The number of hydrogen-bond donors (Lipinski definition) is 1. The Balaban J connectivity index is 1.40. The maximum absolute atomic E-state index is 12.2. The van der Waals surface area contributed by atoms with Gasteiger partial charge in [-0.3, -0.25) is 4.98 Å². The molecule has 3 rings (SSSR count). The monoisotopic (exact) mass is 309 g/mol. The Morgan fingerprint density at radius 2 is 1.96 bits per heavy atom. The summed E-state index contributed by atoms with van der Waals surface area (Å²) >= 11 is 0. The smallest absolute Gasteiger partial charge is 0.317 e. The van der Waals surface area contributed by atoms with Crippen molar-refractivity contribution in [1.29, 1.82) is 0 Å². The fourth-order valence-corrected chi connectivity index (χ4v) is 2.85. The lowest BCUT2D eigenvalue weighted by atomic mass is 9.96. The molecule has 1 unspecified atom stereocenters. The van der Waals surface area contributed by atoms with E-state index in [1.807, 2.05) is 35.4 Å². The molecule has 0 aliphatic carbocycles. The molecule has 2 amide bonds. The number of aryl methyl sites for hydroxylation is 1. The lowest BCUT2D eigenvalue weighted by Crippen LogP contribution is -2.54. The number of rotatable bonds is 5. The van der Waals surface area contributed by atoms with E-state index in [-0.39, 0.29) is 12.1 Å². The van der Waals surface area contributed by atoms with Crippen LogP contribution in [-0.4, -0.2) is 35.0 Å². The predicted octanol–water partition coefficient (Wildman–Crippen LogP) is 3.21. The average molecular weight is 309 g/mol. The number of carbonyl (C=O) groups is 1. The van der Waals surface area contributed by atoms with Crippen molar-refractivity contribution in [2.75, 3.05) is 13.1 Å². The zero-order valence-corrected chi connectivity index (χ0v) is 13.5. The van der Waals surface area contributed by atoms with E-state index in [0.29, 0.717) is 5.92 Å². The van der Waals surface area contributed by atoms with Crippen molar-refractivity contribution in [3.05, 3.63) is 66.0 Å². The molecule has 0 radical (unpaired) electrons. The molecule has 1 aliphatic heterocycles. The van der Waals surface area contributed by atoms with Gasteiger partial charge in [-0.15, -0.1) is 0 Å². The third-order valence-electron chi connectivity index (χ3n) is 4.35. The van der Waals surface area contributed by atoms with Crippen LogP contribution in [0.4, 0.5) is 4.79 Å². The SMILES string of the molecule is CC(CCc1ccccc1)NC(=O)N1CC(c2ccccn2)C1. The molecule has 0 bridgehead atoms. The summed E-state index contributed by atoms with van der Waals surface area (Å²) in [6.45, 7) is 3.58. The number of likely N-dealkylation sites (tertiary alicyclic amines) is 1. The molecule has 0 saturated carbocycles. The van der Waals surface area contributed by atoms with E-state index in [1.54, 1.807) is 0 Å². The number of pyridine rings is 1. The number of benzene rings is 1. The van der Waals surface area contributed by atoms with Crippen LogP contribution in [0.3, 0.4) is 0 Å². The van der Waals surface area contributed by atoms with Gasteiger partial charge in [-0.2, -0.15) is 0 Å². The van der Waals surface area contributed by atoms with Gasteiger partial charge in [0.25, 0.3) is 0 Å². The van der Waals surface area contributed by atoms with E-state index in [9.17, 15) is 4.79 Å². The number of hydrogen-bond acceptors (Lipinski definition) is 2. The lowest BCUT2D eigenvalue weighted by Gasteiger charge is -2.39. The molecule has 1 saturated heterocycles. The number of aromatic nitrogens is 1. The van der Waals surface area contributed by atoms with Gasteiger partial charge in [0, 0.05) is 36.9 Å². The summed E-state index contributed by atoms with van der Waals surface area (Å²) in [5.74, 6) is 0.376. The Bertz CT molecular complexity index is 624. The lowest BCUT2D eigenvalue weighted by molar-refractivity contribution is 0.147. The molecule has 0 spiro atoms. The standard InChI is InChI=1S/C19H23N3O/c1-15(10-11-16-7-3-2-4-8-16)21-19(23)22-13-17(14-22)18-9-5-6-12-20-18/h2-9,12,15,17H,10-11,13-14H2,1H3,(H,21,23). The second-order valence-electron chi connectivity index (χ2n) is 6.23. The molecule has 1 aromatic carbocycles. The minimum atomic E-state index is 0.0396. The normalized spacial score (nSPS) is 15.8. The minimum Gasteiger partial charge on any atom is -0.336 e. The van der Waals surface area contributed by atoms with Gasteiger partial charge < -0.3 is 10.2 Å². The molecule has 120 valence electrons. The van der Waals surface area contributed by atoms with Gasteiger partial charge in [-0.05, 0) is 37.5 Å². The van der Waals surface area contributed by atoms with Crippen LogP contribution in [0.15, 0.2) is 54.7 Å². The van der Waals surface area contributed by atoms with Gasteiger partial charge >= 0.3 is 6.03 Å². The molecular weight excluding hydrogens is 286 g/mol. The molecule has 1 aliphatic rings. The Morgan fingerprint density at radius 1 is 1.22 bits per heavy atom. The molecular formula is C19H23N3O. The second kappa shape index (κ2) is 7.27. The van der Waals surface area contributed by atoms with Crippen LogP contribution in [0.2, 0.25) is 0 Å². The Morgan fingerprint density at radius 3 is 2.65 bits per heavy atom. The van der Waals surface area contributed by atoms with Crippen LogP contribution in [0, 0.1) is 0 Å². The van der Waals surface area contributed by atoms with Crippen molar-refractivity contribution < 1.29 is 4.79 Å². The molecule has 1 fully saturated rings. The predicted molar refractivity (Wildman–Crippen MR) is 91.3 cm³/mol. The number of nitrogens with one attached hydrogen (secondary N) is 1. The van der Waals surface area contributed by atoms with Gasteiger partial charge in [0.2, 0.25) is 0 Å². The third kappa shape index (κ3) is 4.09. The molecule has 1 N–H and O–H groups in total. The first-order chi connectivity index (χ1) is 11.2. The summed E-state index contributed by atoms with van der Waals surface area (Å²) in [6, 6.07) is 16.5.